The van der Waals surface area contributed by atoms with Crippen LogP contribution in [-0.2, 0) is 26.0 Å². The van der Waals surface area contributed by atoms with Gasteiger partial charge in [-0.3, -0.25) is 9.69 Å². The van der Waals surface area contributed by atoms with Gasteiger partial charge in [0.15, 0.2) is 6.23 Å². The quantitative estimate of drug-likeness (QED) is 0.482. The summed E-state index contributed by atoms with van der Waals surface area (Å²) in [6.07, 6.45) is 8.07. The summed E-state index contributed by atoms with van der Waals surface area (Å²) in [7, 11) is 1.78. The number of hydrogen-bond donors (Lipinski definition) is 3. The molecular weight excluding hydrogens is 480 g/mol. The molecule has 3 aliphatic rings. The van der Waals surface area contributed by atoms with Gasteiger partial charge in [-0.25, -0.2) is 9.97 Å². The zero-order valence-electron chi connectivity index (χ0n) is 21.8. The minimum atomic E-state index is -0.886. The smallest absolute Gasteiger partial charge is 0.276 e. The van der Waals surface area contributed by atoms with Crippen molar-refractivity contribution in [1.82, 2.24) is 19.4 Å². The summed E-state index contributed by atoms with van der Waals surface area (Å²) in [4.78, 5) is 25.9. The van der Waals surface area contributed by atoms with E-state index >= 15 is 0 Å². The van der Waals surface area contributed by atoms with Crippen molar-refractivity contribution in [3.05, 3.63) is 88.8 Å². The van der Waals surface area contributed by atoms with Crippen LogP contribution in [0.2, 0.25) is 0 Å². The predicted molar refractivity (Wildman–Crippen MR) is 145 cm³/mol. The van der Waals surface area contributed by atoms with Gasteiger partial charge in [0.25, 0.3) is 5.91 Å². The maximum Gasteiger partial charge on any atom is 0.276 e. The normalized spacial score (nSPS) is 20.1. The third-order valence-corrected chi connectivity index (χ3v) is 7.64. The van der Waals surface area contributed by atoms with Crippen LogP contribution in [0.1, 0.15) is 46.7 Å². The van der Waals surface area contributed by atoms with E-state index in [1.807, 2.05) is 42.6 Å². The number of aliphatic hydroxyl groups is 2. The Morgan fingerprint density at radius 3 is 2.74 bits per heavy atom. The monoisotopic (exact) mass is 512 g/mol. The number of nitrogens with zero attached hydrogens (tertiary/aromatic N) is 5. The second-order valence-electron chi connectivity index (χ2n) is 11.0. The molecule has 5 heterocycles. The number of rotatable bonds is 5. The first-order chi connectivity index (χ1) is 18.3. The van der Waals surface area contributed by atoms with E-state index in [1.54, 1.807) is 29.2 Å². The lowest BCUT2D eigenvalue weighted by molar-refractivity contribution is 0.0878. The number of nitrogens with one attached hydrogen (secondary N) is 1. The maximum absolute atomic E-state index is 13.7. The van der Waals surface area contributed by atoms with Gasteiger partial charge < -0.3 is 25.0 Å². The van der Waals surface area contributed by atoms with Gasteiger partial charge in [-0.15, -0.1) is 0 Å². The number of hydrogen-bond acceptors (Lipinski definition) is 7. The Labute approximate surface area is 221 Å². The van der Waals surface area contributed by atoms with E-state index in [1.165, 1.54) is 11.3 Å². The molecule has 1 aliphatic carbocycles. The van der Waals surface area contributed by atoms with Crippen LogP contribution < -0.4 is 10.2 Å². The number of fused-ring (bicyclic) bond motifs is 3. The highest BCUT2D eigenvalue weighted by atomic mass is 16.3. The molecule has 9 heteroatoms. The van der Waals surface area contributed by atoms with Crippen molar-refractivity contribution >= 4 is 23.1 Å². The van der Waals surface area contributed by atoms with Gasteiger partial charge in [0, 0.05) is 55.6 Å². The molecule has 1 atom stereocenters. The molecule has 0 spiro atoms. The van der Waals surface area contributed by atoms with Gasteiger partial charge in [0.05, 0.1) is 12.3 Å². The van der Waals surface area contributed by atoms with Crippen molar-refractivity contribution in [1.29, 1.82) is 0 Å². The lowest BCUT2D eigenvalue weighted by Gasteiger charge is -2.32. The van der Waals surface area contributed by atoms with Crippen molar-refractivity contribution in [2.24, 2.45) is 5.41 Å². The molecule has 0 aromatic carbocycles. The van der Waals surface area contributed by atoms with Crippen LogP contribution in [0.15, 0.2) is 60.7 Å². The molecule has 3 N–H and O–H groups in total. The molecule has 0 unspecified atom stereocenters. The van der Waals surface area contributed by atoms with E-state index in [0.29, 0.717) is 41.7 Å². The molecule has 2 aliphatic heterocycles. The number of amides is 1. The number of carbonyl (C=O) groups is 1. The van der Waals surface area contributed by atoms with Crippen molar-refractivity contribution in [3.63, 3.8) is 0 Å². The second kappa shape index (κ2) is 9.11. The summed E-state index contributed by atoms with van der Waals surface area (Å²) in [5, 5.41) is 24.4. The first kappa shape index (κ1) is 24.4. The minimum Gasteiger partial charge on any atom is -0.392 e. The van der Waals surface area contributed by atoms with Gasteiger partial charge in [0.1, 0.15) is 17.3 Å². The third kappa shape index (κ3) is 4.08. The molecule has 0 saturated heterocycles. The first-order valence-corrected chi connectivity index (χ1v) is 12.9. The van der Waals surface area contributed by atoms with E-state index in [-0.39, 0.29) is 17.9 Å². The Kier molecular flexibility index (Phi) is 5.85. The second-order valence-corrected chi connectivity index (χ2v) is 11.0. The van der Waals surface area contributed by atoms with Gasteiger partial charge in [-0.2, -0.15) is 0 Å². The molecule has 3 aromatic rings. The Bertz CT molecular complexity index is 1470. The Morgan fingerprint density at radius 2 is 1.97 bits per heavy atom. The van der Waals surface area contributed by atoms with Gasteiger partial charge in [-0.05, 0) is 59.7 Å². The minimum absolute atomic E-state index is 0.0963. The van der Waals surface area contributed by atoms with E-state index in [9.17, 15) is 15.0 Å². The lowest BCUT2D eigenvalue weighted by Crippen LogP contribution is -2.41. The molecule has 38 heavy (non-hydrogen) atoms. The van der Waals surface area contributed by atoms with Crippen LogP contribution >= 0.6 is 0 Å². The average molecular weight is 513 g/mol. The van der Waals surface area contributed by atoms with E-state index < -0.39 is 6.23 Å². The van der Waals surface area contributed by atoms with Crippen LogP contribution in [0.3, 0.4) is 0 Å². The number of aliphatic hydroxyl groups excluding tert-OH is 2. The summed E-state index contributed by atoms with van der Waals surface area (Å²) in [5.41, 5.74) is 6.08. The van der Waals surface area contributed by atoms with E-state index in [2.05, 4.69) is 33.7 Å². The fourth-order valence-corrected chi connectivity index (χ4v) is 5.87. The van der Waals surface area contributed by atoms with Crippen molar-refractivity contribution in [3.8, 4) is 0 Å². The highest BCUT2D eigenvalue weighted by Crippen LogP contribution is 2.40. The van der Waals surface area contributed by atoms with E-state index in [0.717, 1.165) is 24.0 Å². The highest BCUT2D eigenvalue weighted by molar-refractivity contribution is 6.06. The number of pyridine rings is 2. The summed E-state index contributed by atoms with van der Waals surface area (Å²) in [6.45, 7) is 5.42. The van der Waals surface area contributed by atoms with Crippen molar-refractivity contribution < 1.29 is 15.0 Å². The summed E-state index contributed by atoms with van der Waals surface area (Å²) >= 11 is 0. The topological polar surface area (TPSA) is 107 Å². The molecule has 9 nitrogen and oxygen atoms in total. The van der Waals surface area contributed by atoms with Crippen LogP contribution in [0, 0.1) is 5.41 Å². The van der Waals surface area contributed by atoms with Crippen LogP contribution in [0.25, 0.3) is 5.57 Å². The van der Waals surface area contributed by atoms with E-state index in [4.69, 9.17) is 0 Å². The predicted octanol–water partition coefficient (Wildman–Crippen LogP) is 3.16. The number of aromatic nitrogens is 3. The number of allylic oxidation sites excluding steroid dienone is 2. The van der Waals surface area contributed by atoms with Crippen molar-refractivity contribution in [2.45, 2.75) is 46.1 Å². The van der Waals surface area contributed by atoms with Gasteiger partial charge in [-0.1, -0.05) is 19.9 Å². The number of carbonyl (C=O) groups excluding carboxylic acids is 1. The van der Waals surface area contributed by atoms with Crippen molar-refractivity contribution in [2.75, 3.05) is 23.8 Å². The average Bonchev–Trinajstić information content (AvgIpc) is 3.39. The third-order valence-electron chi connectivity index (χ3n) is 7.64. The standard InChI is InChI=1S/C29H32N6O3/c1-29(2)14-18-13-23-28(38)35(11-10-34(23)24(18)15-29)26-21(17-36)20(7-9-31-26)19-12-22(27(37)33(3)16-19)32-25-6-4-5-8-30-25/h4-9,12-13,16,27,36-37H,10-11,14-15,17H2,1-3H3,(H,30,32)/t27-/m1/s1. The Hall–Kier alpha value is -3.95. The maximum atomic E-state index is 13.7. The molecule has 0 saturated carbocycles. The fourth-order valence-electron chi connectivity index (χ4n) is 5.87. The lowest BCUT2D eigenvalue weighted by atomic mass is 9.90. The molecule has 0 bridgehead atoms. The van der Waals surface area contributed by atoms with Crippen LogP contribution in [-0.4, -0.2) is 55.4 Å². The molecule has 1 amide bonds. The molecular formula is C29H32N6O3. The number of anilines is 2. The summed E-state index contributed by atoms with van der Waals surface area (Å²) in [5.74, 6) is 0.980. The highest BCUT2D eigenvalue weighted by Gasteiger charge is 2.37. The summed E-state index contributed by atoms with van der Waals surface area (Å²) < 4.78 is 2.17. The zero-order valence-corrected chi connectivity index (χ0v) is 21.8. The molecule has 0 radical (unpaired) electrons. The van der Waals surface area contributed by atoms with Gasteiger partial charge >= 0.3 is 0 Å². The molecule has 0 fully saturated rings. The fraction of sp³-hybridized carbons (Fsp3) is 0.345. The Morgan fingerprint density at radius 1 is 1.13 bits per heavy atom. The van der Waals surface area contributed by atoms with Crippen LogP contribution in [0.4, 0.5) is 11.6 Å². The first-order valence-electron chi connectivity index (χ1n) is 12.9. The largest absolute Gasteiger partial charge is 0.392 e. The number of likely N-dealkylation sites (N-methyl/N-ethyl adjacent to an activating group) is 1. The SMILES string of the molecule is CN1C=C(c2ccnc(N3CCn4c(cc5c4CC(C)(C)C5)C3=O)c2CO)C=C(Nc2ccccn2)[C@H]1O. The summed E-state index contributed by atoms with van der Waals surface area (Å²) in [6, 6.07) is 9.39. The molecule has 196 valence electrons. The van der Waals surface area contributed by atoms with Gasteiger partial charge in [0.2, 0.25) is 0 Å². The Balaban J connectivity index is 1.35. The molecule has 3 aromatic heterocycles. The zero-order chi connectivity index (χ0) is 26.6. The van der Waals surface area contributed by atoms with Crippen LogP contribution in [0.5, 0.6) is 0 Å². The molecule has 6 rings (SSSR count).